The maximum atomic E-state index is 8.09. The smallest absolute Gasteiger partial charge is 0.0449 e. The van der Waals surface area contributed by atoms with Gasteiger partial charge in [-0.3, -0.25) is 0 Å². The van der Waals surface area contributed by atoms with Crippen LogP contribution in [0.3, 0.4) is 0 Å². The first-order chi connectivity index (χ1) is 4.12. The van der Waals surface area contributed by atoms with Crippen LogP contribution in [0.4, 0.5) is 0 Å². The summed E-state index contributed by atoms with van der Waals surface area (Å²) in [6.45, 7) is 4.22. The zero-order valence-corrected chi connectivity index (χ0v) is 6.90. The summed E-state index contributed by atoms with van der Waals surface area (Å²) in [5.74, 6) is 0. The zero-order chi connectivity index (χ0) is 7.33. The van der Waals surface area contributed by atoms with Gasteiger partial charge in [0, 0.05) is 17.4 Å². The predicted octanol–water partition coefficient (Wildman–Crippen LogP) is 1.98. The molecule has 0 aliphatic rings. The Bertz CT molecular complexity index is 101. The largest absolute Gasteiger partial charge is 0.411 e. The summed E-state index contributed by atoms with van der Waals surface area (Å²) >= 11 is 1.76. The van der Waals surface area contributed by atoms with Crippen LogP contribution in [0.15, 0.2) is 5.16 Å². The topological polar surface area (TPSA) is 32.6 Å². The van der Waals surface area contributed by atoms with Crippen molar-refractivity contribution in [1.29, 1.82) is 0 Å². The van der Waals surface area contributed by atoms with Gasteiger partial charge in [0.1, 0.15) is 0 Å². The van der Waals surface area contributed by atoms with E-state index < -0.39 is 0 Å². The normalized spacial score (nSPS) is 12.8. The van der Waals surface area contributed by atoms with E-state index in [1.165, 1.54) is 6.21 Å². The Balaban J connectivity index is 3.58. The summed E-state index contributed by atoms with van der Waals surface area (Å²) in [5, 5.41) is 11.0. The molecular weight excluding hydrogens is 134 g/mol. The van der Waals surface area contributed by atoms with Crippen LogP contribution in [0.1, 0.15) is 20.3 Å². The molecule has 0 heterocycles. The number of hydrogen-bond donors (Lipinski definition) is 1. The number of thioether (sulfide) groups is 1. The average Bonchev–Trinajstić information content (AvgIpc) is 1.84. The number of nitrogens with zero attached hydrogens (tertiary/aromatic N) is 1. The number of rotatable bonds is 3. The standard InChI is InChI=1S/C6H13NOS/c1-6(2,9-3)4-5-7-8/h5,8H,4H2,1-3H3. The van der Waals surface area contributed by atoms with Crippen LogP contribution in [-0.4, -0.2) is 22.4 Å². The first-order valence-electron chi connectivity index (χ1n) is 2.83. The Morgan fingerprint density at radius 2 is 2.22 bits per heavy atom. The lowest BCUT2D eigenvalue weighted by atomic mass is 10.1. The highest BCUT2D eigenvalue weighted by molar-refractivity contribution is 7.99. The summed E-state index contributed by atoms with van der Waals surface area (Å²) in [5.41, 5.74) is 0. The SMILES string of the molecule is CSC(C)(C)CC=NO. The van der Waals surface area contributed by atoms with E-state index >= 15 is 0 Å². The van der Waals surface area contributed by atoms with Gasteiger partial charge in [0.2, 0.25) is 0 Å². The van der Waals surface area contributed by atoms with Crippen LogP contribution >= 0.6 is 11.8 Å². The quantitative estimate of drug-likeness (QED) is 0.376. The van der Waals surface area contributed by atoms with Gasteiger partial charge in [-0.25, -0.2) is 0 Å². The van der Waals surface area contributed by atoms with Crippen molar-refractivity contribution in [2.45, 2.75) is 25.0 Å². The molecule has 0 spiro atoms. The molecule has 0 fully saturated rings. The van der Waals surface area contributed by atoms with Gasteiger partial charge in [0.15, 0.2) is 0 Å². The van der Waals surface area contributed by atoms with Crippen LogP contribution in [0.25, 0.3) is 0 Å². The molecule has 0 saturated carbocycles. The van der Waals surface area contributed by atoms with E-state index in [1.54, 1.807) is 11.8 Å². The van der Waals surface area contributed by atoms with E-state index in [0.717, 1.165) is 6.42 Å². The minimum atomic E-state index is 0.201. The Hall–Kier alpha value is -0.180. The maximum absolute atomic E-state index is 8.09. The molecule has 0 aromatic carbocycles. The average molecular weight is 147 g/mol. The lowest BCUT2D eigenvalue weighted by Gasteiger charge is -2.17. The van der Waals surface area contributed by atoms with Gasteiger partial charge >= 0.3 is 0 Å². The Kier molecular flexibility index (Phi) is 3.70. The van der Waals surface area contributed by atoms with Crippen molar-refractivity contribution < 1.29 is 5.21 Å². The molecule has 0 aliphatic heterocycles. The third kappa shape index (κ3) is 4.33. The molecule has 54 valence electrons. The molecule has 0 radical (unpaired) electrons. The van der Waals surface area contributed by atoms with Crippen molar-refractivity contribution in [3.8, 4) is 0 Å². The first-order valence-corrected chi connectivity index (χ1v) is 4.06. The third-order valence-electron chi connectivity index (χ3n) is 1.22. The van der Waals surface area contributed by atoms with Gasteiger partial charge in [-0.2, -0.15) is 11.8 Å². The van der Waals surface area contributed by atoms with Gasteiger partial charge < -0.3 is 5.21 Å². The van der Waals surface area contributed by atoms with E-state index in [-0.39, 0.29) is 4.75 Å². The van der Waals surface area contributed by atoms with Crippen molar-refractivity contribution in [3.05, 3.63) is 0 Å². The molecule has 1 N–H and O–H groups in total. The van der Waals surface area contributed by atoms with Gasteiger partial charge in [-0.15, -0.1) is 5.16 Å². The molecular formula is C6H13NOS. The van der Waals surface area contributed by atoms with E-state index in [1.807, 2.05) is 6.26 Å². The van der Waals surface area contributed by atoms with Gasteiger partial charge in [-0.1, -0.05) is 13.8 Å². The van der Waals surface area contributed by atoms with Crippen LogP contribution in [0.5, 0.6) is 0 Å². The fraction of sp³-hybridized carbons (Fsp3) is 0.833. The highest BCUT2D eigenvalue weighted by atomic mass is 32.2. The maximum Gasteiger partial charge on any atom is 0.0449 e. The molecule has 0 saturated heterocycles. The second-order valence-corrected chi connectivity index (χ2v) is 3.98. The summed E-state index contributed by atoms with van der Waals surface area (Å²) < 4.78 is 0.201. The van der Waals surface area contributed by atoms with Gasteiger partial charge in [-0.05, 0) is 6.26 Å². The molecule has 0 amide bonds. The zero-order valence-electron chi connectivity index (χ0n) is 6.09. The van der Waals surface area contributed by atoms with E-state index in [9.17, 15) is 0 Å². The Labute approximate surface area is 60.3 Å². The van der Waals surface area contributed by atoms with Crippen molar-refractivity contribution in [3.63, 3.8) is 0 Å². The van der Waals surface area contributed by atoms with Crippen molar-refractivity contribution in [1.82, 2.24) is 0 Å². The lowest BCUT2D eigenvalue weighted by molar-refractivity contribution is 0.320. The van der Waals surface area contributed by atoms with E-state index in [2.05, 4.69) is 19.0 Å². The van der Waals surface area contributed by atoms with Crippen molar-refractivity contribution >= 4 is 18.0 Å². The number of hydrogen-bond acceptors (Lipinski definition) is 3. The van der Waals surface area contributed by atoms with Gasteiger partial charge in [0.25, 0.3) is 0 Å². The van der Waals surface area contributed by atoms with E-state index in [0.29, 0.717) is 0 Å². The summed E-state index contributed by atoms with van der Waals surface area (Å²) in [6.07, 6.45) is 4.38. The fourth-order valence-corrected chi connectivity index (χ4v) is 0.585. The lowest BCUT2D eigenvalue weighted by Crippen LogP contribution is -2.13. The highest BCUT2D eigenvalue weighted by Gasteiger charge is 2.13. The molecule has 9 heavy (non-hydrogen) atoms. The van der Waals surface area contributed by atoms with Crippen molar-refractivity contribution in [2.24, 2.45) is 5.16 Å². The van der Waals surface area contributed by atoms with Crippen LogP contribution in [0, 0.1) is 0 Å². The first kappa shape index (κ1) is 8.82. The molecule has 0 aliphatic carbocycles. The molecule has 2 nitrogen and oxygen atoms in total. The minimum Gasteiger partial charge on any atom is -0.411 e. The highest BCUT2D eigenvalue weighted by Crippen LogP contribution is 2.23. The fourth-order valence-electron chi connectivity index (χ4n) is 0.344. The Morgan fingerprint density at radius 3 is 2.56 bits per heavy atom. The monoisotopic (exact) mass is 147 g/mol. The summed E-state index contributed by atoms with van der Waals surface area (Å²) in [4.78, 5) is 0. The molecule has 0 rings (SSSR count). The molecule has 3 heteroatoms. The summed E-state index contributed by atoms with van der Waals surface area (Å²) in [6, 6.07) is 0. The van der Waals surface area contributed by atoms with Crippen LogP contribution in [0.2, 0.25) is 0 Å². The van der Waals surface area contributed by atoms with Crippen LogP contribution in [-0.2, 0) is 0 Å². The Morgan fingerprint density at radius 1 is 1.67 bits per heavy atom. The molecule has 0 aromatic rings. The minimum absolute atomic E-state index is 0.201. The molecule has 0 atom stereocenters. The second-order valence-electron chi connectivity index (χ2n) is 2.47. The molecule has 0 unspecified atom stereocenters. The van der Waals surface area contributed by atoms with Crippen molar-refractivity contribution in [2.75, 3.05) is 6.26 Å². The number of oxime groups is 1. The second kappa shape index (κ2) is 3.77. The predicted molar refractivity (Wildman–Crippen MR) is 42.5 cm³/mol. The van der Waals surface area contributed by atoms with Crippen LogP contribution < -0.4 is 0 Å². The van der Waals surface area contributed by atoms with E-state index in [4.69, 9.17) is 5.21 Å². The molecule has 0 bridgehead atoms. The third-order valence-corrected chi connectivity index (χ3v) is 2.49. The molecule has 0 aromatic heterocycles. The van der Waals surface area contributed by atoms with Gasteiger partial charge in [0.05, 0.1) is 0 Å². The summed E-state index contributed by atoms with van der Waals surface area (Å²) in [7, 11) is 0.